The van der Waals surface area contributed by atoms with Crippen LogP contribution in [-0.4, -0.2) is 14.4 Å². The second-order valence-corrected chi connectivity index (χ2v) is 4.13. The standard InChI is InChI=1S/C16H13N3/c1(2-6-15-7-3-4-9-17-15)5-14-8-11-19-12-10-18-16(19)13-14/h1-13H. The van der Waals surface area contributed by atoms with Gasteiger partial charge in [-0.15, -0.1) is 0 Å². The highest BCUT2D eigenvalue weighted by Crippen LogP contribution is 2.07. The summed E-state index contributed by atoms with van der Waals surface area (Å²) in [5, 5.41) is 0. The predicted molar refractivity (Wildman–Crippen MR) is 77.5 cm³/mol. The lowest BCUT2D eigenvalue weighted by molar-refractivity contribution is 1.18. The van der Waals surface area contributed by atoms with Crippen LogP contribution in [0.4, 0.5) is 0 Å². The third-order valence-electron chi connectivity index (χ3n) is 2.78. The number of nitrogens with zero attached hydrogens (tertiary/aromatic N) is 3. The summed E-state index contributed by atoms with van der Waals surface area (Å²) in [7, 11) is 0. The zero-order valence-electron chi connectivity index (χ0n) is 10.3. The molecule has 3 nitrogen and oxygen atoms in total. The Morgan fingerprint density at radius 3 is 2.74 bits per heavy atom. The van der Waals surface area contributed by atoms with Gasteiger partial charge in [0.2, 0.25) is 0 Å². The van der Waals surface area contributed by atoms with Gasteiger partial charge in [-0.3, -0.25) is 4.98 Å². The highest BCUT2D eigenvalue weighted by atomic mass is 15.0. The van der Waals surface area contributed by atoms with E-state index in [1.807, 2.05) is 65.4 Å². The SMILES string of the molecule is C(C=Cc1ccccn1)=Cc1ccn2ccnc2c1. The Kier molecular flexibility index (Phi) is 3.19. The van der Waals surface area contributed by atoms with Crippen molar-refractivity contribution in [1.82, 2.24) is 14.4 Å². The summed E-state index contributed by atoms with van der Waals surface area (Å²) in [4.78, 5) is 8.48. The van der Waals surface area contributed by atoms with Gasteiger partial charge in [-0.05, 0) is 35.9 Å². The monoisotopic (exact) mass is 247 g/mol. The van der Waals surface area contributed by atoms with E-state index in [-0.39, 0.29) is 0 Å². The number of allylic oxidation sites excluding steroid dienone is 2. The van der Waals surface area contributed by atoms with Gasteiger partial charge < -0.3 is 4.40 Å². The lowest BCUT2D eigenvalue weighted by atomic mass is 10.2. The van der Waals surface area contributed by atoms with Gasteiger partial charge in [-0.1, -0.05) is 24.3 Å². The Hall–Kier alpha value is -2.68. The van der Waals surface area contributed by atoms with Crippen molar-refractivity contribution in [3.8, 4) is 0 Å². The molecule has 0 saturated heterocycles. The maximum atomic E-state index is 4.26. The van der Waals surface area contributed by atoms with E-state index in [2.05, 4.69) is 16.0 Å². The smallest absolute Gasteiger partial charge is 0.137 e. The number of hydrogen-bond donors (Lipinski definition) is 0. The maximum Gasteiger partial charge on any atom is 0.137 e. The first-order valence-corrected chi connectivity index (χ1v) is 6.10. The fourth-order valence-corrected chi connectivity index (χ4v) is 1.83. The molecule has 3 aromatic heterocycles. The van der Waals surface area contributed by atoms with Gasteiger partial charge in [0, 0.05) is 24.8 Å². The Bertz CT molecular complexity index is 724. The number of hydrogen-bond acceptors (Lipinski definition) is 2. The van der Waals surface area contributed by atoms with Crippen LogP contribution in [0.5, 0.6) is 0 Å². The third kappa shape index (κ3) is 2.77. The third-order valence-corrected chi connectivity index (χ3v) is 2.78. The second-order valence-electron chi connectivity index (χ2n) is 4.13. The molecule has 3 aromatic rings. The first-order valence-electron chi connectivity index (χ1n) is 6.10. The van der Waals surface area contributed by atoms with Crippen molar-refractivity contribution in [2.75, 3.05) is 0 Å². The zero-order valence-corrected chi connectivity index (χ0v) is 10.3. The number of aromatic nitrogens is 3. The topological polar surface area (TPSA) is 30.2 Å². The van der Waals surface area contributed by atoms with Gasteiger partial charge in [-0.2, -0.15) is 0 Å². The highest BCUT2D eigenvalue weighted by molar-refractivity contribution is 5.58. The number of fused-ring (bicyclic) bond motifs is 1. The van der Waals surface area contributed by atoms with Crippen LogP contribution in [0.3, 0.4) is 0 Å². The first-order chi connectivity index (χ1) is 9.42. The van der Waals surface area contributed by atoms with Crippen molar-refractivity contribution >= 4 is 17.8 Å². The zero-order chi connectivity index (χ0) is 12.9. The molecule has 3 heterocycles. The normalized spacial score (nSPS) is 11.8. The Labute approximate surface area is 111 Å². The summed E-state index contributed by atoms with van der Waals surface area (Å²) >= 11 is 0. The Morgan fingerprint density at radius 2 is 1.84 bits per heavy atom. The first kappa shape index (κ1) is 11.4. The van der Waals surface area contributed by atoms with E-state index in [0.717, 1.165) is 16.9 Å². The van der Waals surface area contributed by atoms with Crippen LogP contribution in [0.15, 0.2) is 67.3 Å². The molecule has 0 aromatic carbocycles. The van der Waals surface area contributed by atoms with Crippen LogP contribution in [0, 0.1) is 0 Å². The van der Waals surface area contributed by atoms with Gasteiger partial charge >= 0.3 is 0 Å². The van der Waals surface area contributed by atoms with Gasteiger partial charge in [0.25, 0.3) is 0 Å². The molecule has 19 heavy (non-hydrogen) atoms. The van der Waals surface area contributed by atoms with Gasteiger partial charge in [0.05, 0.1) is 5.69 Å². The van der Waals surface area contributed by atoms with Gasteiger partial charge in [0.15, 0.2) is 0 Å². The summed E-state index contributed by atoms with van der Waals surface area (Å²) in [6.45, 7) is 0. The minimum absolute atomic E-state index is 0.954. The minimum Gasteiger partial charge on any atom is -0.307 e. The van der Waals surface area contributed by atoms with E-state index in [1.54, 1.807) is 12.4 Å². The minimum atomic E-state index is 0.954. The number of pyridine rings is 2. The van der Waals surface area contributed by atoms with E-state index in [4.69, 9.17) is 0 Å². The molecule has 3 heteroatoms. The number of imidazole rings is 1. The molecular formula is C16H13N3. The van der Waals surface area contributed by atoms with Crippen molar-refractivity contribution in [2.24, 2.45) is 0 Å². The molecule has 92 valence electrons. The molecule has 0 radical (unpaired) electrons. The fourth-order valence-electron chi connectivity index (χ4n) is 1.83. The summed E-state index contributed by atoms with van der Waals surface area (Å²) in [6, 6.07) is 9.96. The van der Waals surface area contributed by atoms with Crippen molar-refractivity contribution in [3.63, 3.8) is 0 Å². The van der Waals surface area contributed by atoms with E-state index < -0.39 is 0 Å². The van der Waals surface area contributed by atoms with Gasteiger partial charge in [-0.25, -0.2) is 4.98 Å². The molecular weight excluding hydrogens is 234 g/mol. The largest absolute Gasteiger partial charge is 0.307 e. The van der Waals surface area contributed by atoms with E-state index >= 15 is 0 Å². The van der Waals surface area contributed by atoms with E-state index in [9.17, 15) is 0 Å². The Morgan fingerprint density at radius 1 is 0.895 bits per heavy atom. The molecule has 3 rings (SSSR count). The molecule has 0 aliphatic rings. The van der Waals surface area contributed by atoms with Crippen LogP contribution < -0.4 is 0 Å². The molecule has 0 atom stereocenters. The predicted octanol–water partition coefficient (Wildman–Crippen LogP) is 3.46. The van der Waals surface area contributed by atoms with Crippen LogP contribution in [0.2, 0.25) is 0 Å². The summed E-state index contributed by atoms with van der Waals surface area (Å²) in [6.07, 6.45) is 15.5. The molecule has 0 saturated carbocycles. The quantitative estimate of drug-likeness (QED) is 0.663. The summed E-state index contributed by atoms with van der Waals surface area (Å²) in [5.41, 5.74) is 3.04. The lowest BCUT2D eigenvalue weighted by Gasteiger charge is -1.95. The van der Waals surface area contributed by atoms with Crippen LogP contribution >= 0.6 is 0 Å². The maximum absolute atomic E-state index is 4.26. The average molecular weight is 247 g/mol. The van der Waals surface area contributed by atoms with Crippen molar-refractivity contribution in [1.29, 1.82) is 0 Å². The molecule has 0 fully saturated rings. The molecule has 0 amide bonds. The molecule has 0 spiro atoms. The van der Waals surface area contributed by atoms with Crippen molar-refractivity contribution in [3.05, 3.63) is 78.5 Å². The van der Waals surface area contributed by atoms with E-state index in [0.29, 0.717) is 0 Å². The van der Waals surface area contributed by atoms with Crippen molar-refractivity contribution < 1.29 is 0 Å². The van der Waals surface area contributed by atoms with Crippen LogP contribution in [0.1, 0.15) is 11.3 Å². The summed E-state index contributed by atoms with van der Waals surface area (Å²) < 4.78 is 1.99. The Balaban J connectivity index is 1.73. The second kappa shape index (κ2) is 5.31. The lowest BCUT2D eigenvalue weighted by Crippen LogP contribution is -1.82. The molecule has 0 aliphatic heterocycles. The molecule has 0 bridgehead atoms. The summed E-state index contributed by atoms with van der Waals surface area (Å²) in [5.74, 6) is 0. The highest BCUT2D eigenvalue weighted by Gasteiger charge is 1.92. The van der Waals surface area contributed by atoms with Crippen LogP contribution in [-0.2, 0) is 0 Å². The van der Waals surface area contributed by atoms with E-state index in [1.165, 1.54) is 0 Å². The van der Waals surface area contributed by atoms with Gasteiger partial charge in [0.1, 0.15) is 5.65 Å². The molecule has 0 aliphatic carbocycles. The fraction of sp³-hybridized carbons (Fsp3) is 0. The number of rotatable bonds is 3. The van der Waals surface area contributed by atoms with Crippen molar-refractivity contribution in [2.45, 2.75) is 0 Å². The molecule has 0 unspecified atom stereocenters. The van der Waals surface area contributed by atoms with Crippen LogP contribution in [0.25, 0.3) is 17.8 Å². The molecule has 0 N–H and O–H groups in total. The average Bonchev–Trinajstić information content (AvgIpc) is 2.92.